The van der Waals surface area contributed by atoms with Crippen molar-refractivity contribution < 1.29 is 0 Å². The summed E-state index contributed by atoms with van der Waals surface area (Å²) in [5.41, 5.74) is 1.39. The molecule has 0 N–H and O–H groups in total. The molecule has 0 aromatic heterocycles. The van der Waals surface area contributed by atoms with Crippen LogP contribution < -0.4 is 0 Å². The Labute approximate surface area is 70.7 Å². The molecule has 2 unspecified atom stereocenters. The number of rotatable bonds is 1. The van der Waals surface area contributed by atoms with Crippen molar-refractivity contribution in [1.82, 2.24) is 0 Å². The lowest BCUT2D eigenvalue weighted by molar-refractivity contribution is 0.213. The summed E-state index contributed by atoms with van der Waals surface area (Å²) in [7, 11) is 0. The molecule has 0 nitrogen and oxygen atoms in total. The van der Waals surface area contributed by atoms with Crippen molar-refractivity contribution in [3.05, 3.63) is 12.2 Å². The lowest BCUT2D eigenvalue weighted by Crippen LogP contribution is -2.25. The normalized spacial score (nSPS) is 38.6. The predicted molar refractivity (Wildman–Crippen MR) is 50.5 cm³/mol. The number of allylic oxidation sites excluding steroid dienone is 1. The maximum atomic E-state index is 4.08. The van der Waals surface area contributed by atoms with Gasteiger partial charge < -0.3 is 0 Å². The molecule has 0 saturated heterocycles. The van der Waals surface area contributed by atoms with E-state index in [1.165, 1.54) is 24.8 Å². The van der Waals surface area contributed by atoms with Gasteiger partial charge in [0, 0.05) is 0 Å². The van der Waals surface area contributed by atoms with E-state index in [0.717, 1.165) is 17.8 Å². The summed E-state index contributed by atoms with van der Waals surface area (Å²) in [6, 6.07) is 0. The molecule has 0 spiro atoms. The highest BCUT2D eigenvalue weighted by atomic mass is 14.3. The van der Waals surface area contributed by atoms with Crippen LogP contribution in [0.25, 0.3) is 0 Å². The fourth-order valence-corrected chi connectivity index (χ4v) is 2.65. The summed E-state index contributed by atoms with van der Waals surface area (Å²) in [6.45, 7) is 11.0. The van der Waals surface area contributed by atoms with Crippen molar-refractivity contribution in [3.63, 3.8) is 0 Å². The Morgan fingerprint density at radius 1 is 1.18 bits per heavy atom. The summed E-state index contributed by atoms with van der Waals surface area (Å²) in [6.07, 6.45) is 4.23. The summed E-state index contributed by atoms with van der Waals surface area (Å²) < 4.78 is 0. The van der Waals surface area contributed by atoms with Gasteiger partial charge in [-0.25, -0.2) is 0 Å². The van der Waals surface area contributed by atoms with E-state index in [4.69, 9.17) is 0 Å². The summed E-state index contributed by atoms with van der Waals surface area (Å²) >= 11 is 0. The Bertz CT molecular complexity index is 136. The maximum absolute atomic E-state index is 4.08. The Morgan fingerprint density at radius 2 is 1.64 bits per heavy atom. The third-order valence-electron chi connectivity index (χ3n) is 3.11. The zero-order chi connectivity index (χ0) is 8.43. The molecular formula is C11H20. The van der Waals surface area contributed by atoms with Gasteiger partial charge in [0.1, 0.15) is 0 Å². The molecule has 0 heterocycles. The van der Waals surface area contributed by atoms with Gasteiger partial charge in [-0.3, -0.25) is 0 Å². The topological polar surface area (TPSA) is 0 Å². The van der Waals surface area contributed by atoms with Gasteiger partial charge in [0.25, 0.3) is 0 Å². The summed E-state index contributed by atoms with van der Waals surface area (Å²) in [5, 5.41) is 0. The largest absolute Gasteiger partial charge is 0.0998 e. The van der Waals surface area contributed by atoms with Gasteiger partial charge in [0.15, 0.2) is 0 Å². The van der Waals surface area contributed by atoms with Crippen LogP contribution in [0, 0.1) is 17.8 Å². The molecule has 0 heteroatoms. The Balaban J connectivity index is 2.62. The molecule has 0 aromatic carbocycles. The van der Waals surface area contributed by atoms with Crippen LogP contribution in [0.5, 0.6) is 0 Å². The standard InChI is InChI=1S/C11H20/c1-8(2)11-9(3)6-5-7-10(11)4/h9-11H,1,5-7H2,2-4H3. The second kappa shape index (κ2) is 3.42. The van der Waals surface area contributed by atoms with Crippen LogP contribution in [0.15, 0.2) is 12.2 Å². The van der Waals surface area contributed by atoms with E-state index in [-0.39, 0.29) is 0 Å². The van der Waals surface area contributed by atoms with Gasteiger partial charge in [-0.15, -0.1) is 0 Å². The van der Waals surface area contributed by atoms with Gasteiger partial charge in [-0.2, -0.15) is 0 Å². The van der Waals surface area contributed by atoms with Crippen LogP contribution in [0.1, 0.15) is 40.0 Å². The molecule has 0 amide bonds. The van der Waals surface area contributed by atoms with E-state index in [9.17, 15) is 0 Å². The maximum Gasteiger partial charge on any atom is -0.0157 e. The van der Waals surface area contributed by atoms with Crippen LogP contribution in [0.2, 0.25) is 0 Å². The summed E-state index contributed by atoms with van der Waals surface area (Å²) in [4.78, 5) is 0. The van der Waals surface area contributed by atoms with E-state index in [1.54, 1.807) is 0 Å². The van der Waals surface area contributed by atoms with Gasteiger partial charge in [0.2, 0.25) is 0 Å². The minimum Gasteiger partial charge on any atom is -0.0998 e. The predicted octanol–water partition coefficient (Wildman–Crippen LogP) is 3.63. The first kappa shape index (κ1) is 8.83. The van der Waals surface area contributed by atoms with Crippen molar-refractivity contribution in [1.29, 1.82) is 0 Å². The van der Waals surface area contributed by atoms with Crippen molar-refractivity contribution in [2.45, 2.75) is 40.0 Å². The molecule has 0 bridgehead atoms. The van der Waals surface area contributed by atoms with E-state index < -0.39 is 0 Å². The molecule has 64 valence electrons. The smallest absolute Gasteiger partial charge is 0.0157 e. The molecule has 0 aromatic rings. The highest BCUT2D eigenvalue weighted by Gasteiger charge is 2.27. The lowest BCUT2D eigenvalue weighted by Gasteiger charge is -2.35. The van der Waals surface area contributed by atoms with Crippen LogP contribution in [-0.2, 0) is 0 Å². The third kappa shape index (κ3) is 1.85. The van der Waals surface area contributed by atoms with Gasteiger partial charge in [-0.1, -0.05) is 45.3 Å². The van der Waals surface area contributed by atoms with Crippen molar-refractivity contribution >= 4 is 0 Å². The molecule has 1 rings (SSSR count). The van der Waals surface area contributed by atoms with Crippen LogP contribution in [-0.4, -0.2) is 0 Å². The van der Waals surface area contributed by atoms with Crippen LogP contribution >= 0.6 is 0 Å². The average molecular weight is 152 g/mol. The van der Waals surface area contributed by atoms with Crippen molar-refractivity contribution in [3.8, 4) is 0 Å². The first-order valence-corrected chi connectivity index (χ1v) is 4.78. The van der Waals surface area contributed by atoms with Crippen LogP contribution in [0.4, 0.5) is 0 Å². The molecule has 1 saturated carbocycles. The first-order chi connectivity index (χ1) is 5.13. The second-order valence-corrected chi connectivity index (χ2v) is 4.26. The zero-order valence-electron chi connectivity index (χ0n) is 8.06. The highest BCUT2D eigenvalue weighted by Crippen LogP contribution is 2.37. The Morgan fingerprint density at radius 3 is 1.91 bits per heavy atom. The quantitative estimate of drug-likeness (QED) is 0.503. The molecule has 1 aliphatic rings. The average Bonchev–Trinajstić information content (AvgIpc) is 1.85. The van der Waals surface area contributed by atoms with Crippen molar-refractivity contribution in [2.75, 3.05) is 0 Å². The Kier molecular flexibility index (Phi) is 2.75. The fraction of sp³-hybridized carbons (Fsp3) is 0.818. The minimum absolute atomic E-state index is 0.795. The van der Waals surface area contributed by atoms with Gasteiger partial charge >= 0.3 is 0 Å². The highest BCUT2D eigenvalue weighted by molar-refractivity contribution is 5.01. The molecular weight excluding hydrogens is 132 g/mol. The third-order valence-corrected chi connectivity index (χ3v) is 3.11. The fourth-order valence-electron chi connectivity index (χ4n) is 2.65. The SMILES string of the molecule is C=C(C)C1C(C)CCCC1C. The lowest BCUT2D eigenvalue weighted by atomic mass is 9.71. The molecule has 11 heavy (non-hydrogen) atoms. The minimum atomic E-state index is 0.795. The summed E-state index contributed by atoms with van der Waals surface area (Å²) in [5.74, 6) is 2.54. The molecule has 0 aliphatic heterocycles. The van der Waals surface area contributed by atoms with Crippen LogP contribution in [0.3, 0.4) is 0 Å². The monoisotopic (exact) mass is 152 g/mol. The molecule has 0 radical (unpaired) electrons. The number of hydrogen-bond acceptors (Lipinski definition) is 0. The zero-order valence-corrected chi connectivity index (χ0v) is 8.06. The first-order valence-electron chi connectivity index (χ1n) is 4.78. The molecule has 1 fully saturated rings. The number of hydrogen-bond donors (Lipinski definition) is 0. The Hall–Kier alpha value is -0.260. The molecule has 2 atom stereocenters. The van der Waals surface area contributed by atoms with Gasteiger partial charge in [-0.05, 0) is 24.7 Å². The van der Waals surface area contributed by atoms with E-state index in [1.807, 2.05) is 0 Å². The van der Waals surface area contributed by atoms with Gasteiger partial charge in [0.05, 0.1) is 0 Å². The molecule has 1 aliphatic carbocycles. The van der Waals surface area contributed by atoms with E-state index >= 15 is 0 Å². The van der Waals surface area contributed by atoms with Crippen molar-refractivity contribution in [2.24, 2.45) is 17.8 Å². The van der Waals surface area contributed by atoms with E-state index in [0.29, 0.717) is 0 Å². The van der Waals surface area contributed by atoms with E-state index in [2.05, 4.69) is 27.4 Å². The second-order valence-electron chi connectivity index (χ2n) is 4.26.